The number of thioether (sulfide) groups is 1. The van der Waals surface area contributed by atoms with Gasteiger partial charge in [0.05, 0.1) is 15.7 Å². The van der Waals surface area contributed by atoms with E-state index in [4.69, 9.17) is 23.2 Å². The second kappa shape index (κ2) is 7.11. The van der Waals surface area contributed by atoms with Crippen LogP contribution in [0.25, 0.3) is 0 Å². The number of benzene rings is 1. The molecule has 1 saturated heterocycles. The molecule has 1 aromatic rings. The van der Waals surface area contributed by atoms with E-state index >= 15 is 0 Å². The highest BCUT2D eigenvalue weighted by molar-refractivity contribution is 8.15. The first-order valence-corrected chi connectivity index (χ1v) is 8.96. The van der Waals surface area contributed by atoms with E-state index < -0.39 is 5.25 Å². The van der Waals surface area contributed by atoms with Crippen LogP contribution in [0, 0.1) is 0 Å². The summed E-state index contributed by atoms with van der Waals surface area (Å²) in [5.74, 6) is -0.526. The van der Waals surface area contributed by atoms with Crippen molar-refractivity contribution in [2.45, 2.75) is 24.5 Å². The predicted octanol–water partition coefficient (Wildman–Crippen LogP) is 3.42. The fourth-order valence-electron chi connectivity index (χ4n) is 2.52. The van der Waals surface area contributed by atoms with Gasteiger partial charge >= 0.3 is 0 Å². The SMILES string of the molecule is O=C(C[C@@H]1SC(N2CCCC2)=NC1=O)Nc1cccc(Cl)c1Cl. The van der Waals surface area contributed by atoms with Gasteiger partial charge in [0.1, 0.15) is 5.25 Å². The van der Waals surface area contributed by atoms with E-state index in [0.717, 1.165) is 31.1 Å². The van der Waals surface area contributed by atoms with Crippen molar-refractivity contribution in [1.82, 2.24) is 4.90 Å². The van der Waals surface area contributed by atoms with Crippen LogP contribution in [0.15, 0.2) is 23.2 Å². The van der Waals surface area contributed by atoms with Crippen molar-refractivity contribution in [2.24, 2.45) is 4.99 Å². The lowest BCUT2D eigenvalue weighted by Gasteiger charge is -2.16. The first-order valence-electron chi connectivity index (χ1n) is 7.32. The number of nitrogens with zero attached hydrogens (tertiary/aromatic N) is 2. The van der Waals surface area contributed by atoms with E-state index in [1.54, 1.807) is 18.2 Å². The third kappa shape index (κ3) is 3.82. The average molecular weight is 372 g/mol. The summed E-state index contributed by atoms with van der Waals surface area (Å²) in [7, 11) is 0. The van der Waals surface area contributed by atoms with Gasteiger partial charge in [0, 0.05) is 19.5 Å². The summed E-state index contributed by atoms with van der Waals surface area (Å²) in [6, 6.07) is 5.02. The molecular formula is C15H15Cl2N3O2S. The molecule has 2 aliphatic rings. The predicted molar refractivity (Wildman–Crippen MR) is 94.3 cm³/mol. The van der Waals surface area contributed by atoms with Crippen LogP contribution in [0.5, 0.6) is 0 Å². The topological polar surface area (TPSA) is 61.8 Å². The van der Waals surface area contributed by atoms with Crippen molar-refractivity contribution in [3.63, 3.8) is 0 Å². The van der Waals surface area contributed by atoms with Crippen molar-refractivity contribution >= 4 is 57.6 Å². The fraction of sp³-hybridized carbons (Fsp3) is 0.400. The summed E-state index contributed by atoms with van der Waals surface area (Å²) in [4.78, 5) is 30.3. The molecule has 23 heavy (non-hydrogen) atoms. The molecule has 2 heterocycles. The monoisotopic (exact) mass is 371 g/mol. The van der Waals surface area contributed by atoms with Crippen LogP contribution < -0.4 is 5.32 Å². The number of rotatable bonds is 3. The number of nitrogens with one attached hydrogen (secondary N) is 1. The van der Waals surface area contributed by atoms with Gasteiger partial charge in [-0.25, -0.2) is 0 Å². The Kier molecular flexibility index (Phi) is 5.14. The molecule has 0 aliphatic carbocycles. The standard InChI is InChI=1S/C15H15Cl2N3O2S/c16-9-4-3-5-10(13(9)17)18-12(21)8-11-14(22)19-15(23-11)20-6-1-2-7-20/h3-5,11H,1-2,6-8H2,(H,18,21)/t11-/m0/s1. The third-order valence-corrected chi connectivity index (χ3v) is 5.73. The Morgan fingerprint density at radius 2 is 2.09 bits per heavy atom. The minimum Gasteiger partial charge on any atom is -0.351 e. The normalized spacial score (nSPS) is 20.8. The number of halogens is 2. The summed E-state index contributed by atoms with van der Waals surface area (Å²) in [5.41, 5.74) is 0.445. The maximum absolute atomic E-state index is 12.2. The molecule has 3 rings (SSSR count). The second-order valence-corrected chi connectivity index (χ2v) is 7.34. The Hall–Kier alpha value is -1.24. The molecule has 1 atom stereocenters. The molecule has 122 valence electrons. The largest absolute Gasteiger partial charge is 0.351 e. The number of amides is 2. The zero-order valence-electron chi connectivity index (χ0n) is 12.2. The molecule has 0 bridgehead atoms. The van der Waals surface area contributed by atoms with Crippen molar-refractivity contribution in [3.8, 4) is 0 Å². The summed E-state index contributed by atoms with van der Waals surface area (Å²) < 4.78 is 0. The highest BCUT2D eigenvalue weighted by Crippen LogP contribution is 2.31. The molecule has 8 heteroatoms. The minimum absolute atomic E-state index is 0.0627. The van der Waals surface area contributed by atoms with E-state index in [-0.39, 0.29) is 18.2 Å². The van der Waals surface area contributed by atoms with Crippen LogP contribution in [0.3, 0.4) is 0 Å². The van der Waals surface area contributed by atoms with Gasteiger partial charge in [-0.2, -0.15) is 4.99 Å². The van der Waals surface area contributed by atoms with Crippen LogP contribution in [-0.4, -0.2) is 40.2 Å². The van der Waals surface area contributed by atoms with E-state index in [9.17, 15) is 9.59 Å². The van der Waals surface area contributed by atoms with Crippen LogP contribution in [0.2, 0.25) is 10.0 Å². The lowest BCUT2D eigenvalue weighted by atomic mass is 10.2. The number of likely N-dealkylation sites (tertiary alicyclic amines) is 1. The first kappa shape index (κ1) is 16.6. The van der Waals surface area contributed by atoms with Crippen molar-refractivity contribution in [2.75, 3.05) is 18.4 Å². The highest BCUT2D eigenvalue weighted by atomic mass is 35.5. The number of carbonyl (C=O) groups excluding carboxylic acids is 2. The summed E-state index contributed by atoms with van der Waals surface area (Å²) in [6.45, 7) is 1.85. The van der Waals surface area contributed by atoms with Gasteiger partial charge < -0.3 is 10.2 Å². The Balaban J connectivity index is 1.58. The third-order valence-electron chi connectivity index (χ3n) is 3.70. The first-order chi connectivity index (χ1) is 11.0. The molecule has 0 unspecified atom stereocenters. The molecule has 2 aliphatic heterocycles. The van der Waals surface area contributed by atoms with Gasteiger partial charge in [0.15, 0.2) is 5.17 Å². The minimum atomic E-state index is -0.469. The van der Waals surface area contributed by atoms with Gasteiger partial charge in [0.25, 0.3) is 5.91 Å². The van der Waals surface area contributed by atoms with E-state index in [0.29, 0.717) is 15.7 Å². The Morgan fingerprint density at radius 3 is 2.83 bits per heavy atom. The summed E-state index contributed by atoms with van der Waals surface area (Å²) >= 11 is 13.3. The number of amidine groups is 1. The Bertz CT molecular complexity index is 675. The van der Waals surface area contributed by atoms with E-state index in [1.807, 2.05) is 0 Å². The van der Waals surface area contributed by atoms with Crippen LogP contribution >= 0.6 is 35.0 Å². The van der Waals surface area contributed by atoms with Crippen molar-refractivity contribution in [1.29, 1.82) is 0 Å². The molecule has 0 spiro atoms. The van der Waals surface area contributed by atoms with Crippen LogP contribution in [-0.2, 0) is 9.59 Å². The van der Waals surface area contributed by atoms with Gasteiger partial charge in [-0.05, 0) is 25.0 Å². The van der Waals surface area contributed by atoms with Gasteiger partial charge in [0.2, 0.25) is 5.91 Å². The number of hydrogen-bond donors (Lipinski definition) is 1. The van der Waals surface area contributed by atoms with Crippen LogP contribution in [0.1, 0.15) is 19.3 Å². The highest BCUT2D eigenvalue weighted by Gasteiger charge is 2.33. The van der Waals surface area contributed by atoms with Gasteiger partial charge in [-0.15, -0.1) is 0 Å². The van der Waals surface area contributed by atoms with Crippen molar-refractivity contribution in [3.05, 3.63) is 28.2 Å². The second-order valence-electron chi connectivity index (χ2n) is 5.39. The smallest absolute Gasteiger partial charge is 0.262 e. The Morgan fingerprint density at radius 1 is 1.35 bits per heavy atom. The molecule has 1 aromatic carbocycles. The maximum Gasteiger partial charge on any atom is 0.262 e. The average Bonchev–Trinajstić information content (AvgIpc) is 3.14. The fourth-order valence-corrected chi connectivity index (χ4v) is 3.99. The van der Waals surface area contributed by atoms with Crippen LogP contribution in [0.4, 0.5) is 5.69 Å². The molecule has 0 saturated carbocycles. The lowest BCUT2D eigenvalue weighted by molar-refractivity contribution is -0.121. The lowest BCUT2D eigenvalue weighted by Crippen LogP contribution is -2.25. The van der Waals surface area contributed by atoms with Gasteiger partial charge in [-0.3, -0.25) is 9.59 Å². The van der Waals surface area contributed by atoms with E-state index in [1.165, 1.54) is 11.8 Å². The molecule has 5 nitrogen and oxygen atoms in total. The Labute approximate surface area is 148 Å². The number of aliphatic imine (C=N–C) groups is 1. The molecule has 1 fully saturated rings. The molecule has 2 amide bonds. The molecule has 1 N–H and O–H groups in total. The maximum atomic E-state index is 12.2. The zero-order chi connectivity index (χ0) is 16.4. The zero-order valence-corrected chi connectivity index (χ0v) is 14.5. The quantitative estimate of drug-likeness (QED) is 0.883. The molecule has 0 aromatic heterocycles. The van der Waals surface area contributed by atoms with Gasteiger partial charge in [-0.1, -0.05) is 41.0 Å². The number of anilines is 1. The van der Waals surface area contributed by atoms with Crippen molar-refractivity contribution < 1.29 is 9.59 Å². The number of carbonyl (C=O) groups is 2. The van der Waals surface area contributed by atoms with E-state index in [2.05, 4.69) is 15.2 Å². The summed E-state index contributed by atoms with van der Waals surface area (Å²) in [5, 5.41) is 3.63. The molecule has 0 radical (unpaired) electrons. The number of hydrogen-bond acceptors (Lipinski definition) is 4. The molecular weight excluding hydrogens is 357 g/mol. The summed E-state index contributed by atoms with van der Waals surface area (Å²) in [6.07, 6.45) is 2.30.